The van der Waals surface area contributed by atoms with Crippen LogP contribution in [0.1, 0.15) is 41.4 Å². The van der Waals surface area contributed by atoms with Crippen molar-refractivity contribution in [3.63, 3.8) is 0 Å². The van der Waals surface area contributed by atoms with Crippen molar-refractivity contribution in [2.75, 3.05) is 0 Å². The first kappa shape index (κ1) is 18.4. The molecule has 2 aromatic carbocycles. The summed E-state index contributed by atoms with van der Waals surface area (Å²) >= 11 is 0. The zero-order valence-electron chi connectivity index (χ0n) is 11.9. The average molecular weight is 328 g/mol. The summed E-state index contributed by atoms with van der Waals surface area (Å²) in [6.45, 7) is 0. The highest BCUT2D eigenvalue weighted by Gasteiger charge is 2.01. The molecule has 0 bridgehead atoms. The normalized spacial score (nSPS) is 9.33. The number of benzene rings is 2. The topological polar surface area (TPSA) is 161 Å². The van der Waals surface area contributed by atoms with E-state index >= 15 is 0 Å². The van der Waals surface area contributed by atoms with Crippen LogP contribution in [-0.4, -0.2) is 23.9 Å². The summed E-state index contributed by atoms with van der Waals surface area (Å²) in [6, 6.07) is 9.94. The molecule has 0 aliphatic carbocycles. The molecular formula is C16H8O8-4. The van der Waals surface area contributed by atoms with Gasteiger partial charge >= 0.3 is 0 Å². The quantitative estimate of drug-likeness (QED) is 0.567. The lowest BCUT2D eigenvalue weighted by molar-refractivity contribution is -0.259. The van der Waals surface area contributed by atoms with Gasteiger partial charge < -0.3 is 39.6 Å². The first-order chi connectivity index (χ1) is 11.2. The molecular weight excluding hydrogens is 320 g/mol. The first-order valence-electron chi connectivity index (χ1n) is 6.28. The Hall–Kier alpha value is -3.68. The summed E-state index contributed by atoms with van der Waals surface area (Å²) in [4.78, 5) is 41.2. The molecule has 0 N–H and O–H groups in total. The molecule has 0 aliphatic heterocycles. The number of rotatable bonds is 4. The molecule has 24 heavy (non-hydrogen) atoms. The Bertz CT molecular complexity index is 732. The number of carbonyl (C=O) groups excluding carboxylic acids is 4. The van der Waals surface area contributed by atoms with Crippen LogP contribution in [0.15, 0.2) is 48.5 Å². The van der Waals surface area contributed by atoms with Gasteiger partial charge in [0.25, 0.3) is 0 Å². The van der Waals surface area contributed by atoms with Gasteiger partial charge in [0.05, 0.1) is 23.9 Å². The maximum Gasteiger partial charge on any atom is 0.0721 e. The van der Waals surface area contributed by atoms with E-state index < -0.39 is 23.9 Å². The lowest BCUT2D eigenvalue weighted by atomic mass is 10.1. The maximum atomic E-state index is 10.3. The highest BCUT2D eigenvalue weighted by molar-refractivity contribution is 5.99. The Morgan fingerprint density at radius 2 is 0.917 bits per heavy atom. The van der Waals surface area contributed by atoms with Crippen molar-refractivity contribution in [2.24, 2.45) is 0 Å². The summed E-state index contributed by atoms with van der Waals surface area (Å²) in [5.41, 5.74) is -1.07. The van der Waals surface area contributed by atoms with Gasteiger partial charge in [0.2, 0.25) is 0 Å². The van der Waals surface area contributed by atoms with E-state index in [1.165, 1.54) is 30.3 Å². The third-order valence-electron chi connectivity index (χ3n) is 2.70. The van der Waals surface area contributed by atoms with E-state index in [1.54, 1.807) is 0 Å². The van der Waals surface area contributed by atoms with Gasteiger partial charge in [0.1, 0.15) is 0 Å². The molecule has 2 aromatic rings. The fourth-order valence-electron chi connectivity index (χ4n) is 1.61. The maximum absolute atomic E-state index is 10.3. The highest BCUT2D eigenvalue weighted by Crippen LogP contribution is 2.05. The number of carboxylic acids is 4. The van der Waals surface area contributed by atoms with Crippen LogP contribution < -0.4 is 20.4 Å². The molecule has 0 amide bonds. The van der Waals surface area contributed by atoms with Crippen molar-refractivity contribution < 1.29 is 39.6 Å². The highest BCUT2D eigenvalue weighted by atomic mass is 16.4. The smallest absolute Gasteiger partial charge is 0.0721 e. The fourth-order valence-corrected chi connectivity index (χ4v) is 1.61. The standard InChI is InChI=1S/2C8H6O4/c9-7(10)5-2-1-3-6(4-5)8(11)12;9-7(10)5-3-1-2-4-6(5)8(11)12/h2*1-4H,(H,9,10)(H,11,12)/p-4. The Labute approximate surface area is 135 Å². The lowest BCUT2D eigenvalue weighted by Gasteiger charge is -2.09. The Kier molecular flexibility index (Phi) is 6.19. The van der Waals surface area contributed by atoms with Crippen molar-refractivity contribution >= 4 is 23.9 Å². The van der Waals surface area contributed by atoms with E-state index in [4.69, 9.17) is 0 Å². The van der Waals surface area contributed by atoms with Gasteiger partial charge in [-0.15, -0.1) is 0 Å². The zero-order valence-corrected chi connectivity index (χ0v) is 11.9. The van der Waals surface area contributed by atoms with Crippen LogP contribution in [0.5, 0.6) is 0 Å². The zero-order chi connectivity index (χ0) is 18.3. The van der Waals surface area contributed by atoms with Crippen molar-refractivity contribution in [3.05, 3.63) is 70.8 Å². The second-order valence-corrected chi connectivity index (χ2v) is 4.28. The summed E-state index contributed by atoms with van der Waals surface area (Å²) in [5, 5.41) is 41.2. The van der Waals surface area contributed by atoms with Crippen molar-refractivity contribution in [1.82, 2.24) is 0 Å². The van der Waals surface area contributed by atoms with E-state index in [1.807, 2.05) is 0 Å². The molecule has 0 fully saturated rings. The second kappa shape index (κ2) is 8.08. The van der Waals surface area contributed by atoms with Crippen LogP contribution in [0.25, 0.3) is 0 Å². The molecule has 8 nitrogen and oxygen atoms in total. The van der Waals surface area contributed by atoms with Gasteiger partial charge in [-0.25, -0.2) is 0 Å². The van der Waals surface area contributed by atoms with Crippen LogP contribution in [0.4, 0.5) is 0 Å². The molecule has 0 radical (unpaired) electrons. The SMILES string of the molecule is O=C([O-])c1cccc(C(=O)[O-])c1.O=C([O-])c1ccccc1C(=O)[O-]. The largest absolute Gasteiger partial charge is 0.545 e. The van der Waals surface area contributed by atoms with Crippen LogP contribution in [0.3, 0.4) is 0 Å². The van der Waals surface area contributed by atoms with Crippen LogP contribution in [-0.2, 0) is 0 Å². The van der Waals surface area contributed by atoms with Crippen molar-refractivity contribution in [2.45, 2.75) is 0 Å². The molecule has 0 saturated carbocycles. The number of carbonyl (C=O) groups is 4. The lowest BCUT2D eigenvalue weighted by Crippen LogP contribution is -2.29. The van der Waals surface area contributed by atoms with Gasteiger partial charge in [0, 0.05) is 11.1 Å². The van der Waals surface area contributed by atoms with E-state index in [-0.39, 0.29) is 22.3 Å². The Morgan fingerprint density at radius 1 is 0.542 bits per heavy atom. The third kappa shape index (κ3) is 4.95. The van der Waals surface area contributed by atoms with Crippen molar-refractivity contribution in [1.29, 1.82) is 0 Å². The molecule has 124 valence electrons. The van der Waals surface area contributed by atoms with E-state index in [0.29, 0.717) is 0 Å². The summed E-state index contributed by atoms with van der Waals surface area (Å²) in [7, 11) is 0. The van der Waals surface area contributed by atoms with Gasteiger partial charge in [-0.3, -0.25) is 0 Å². The van der Waals surface area contributed by atoms with Crippen LogP contribution >= 0.6 is 0 Å². The van der Waals surface area contributed by atoms with Crippen LogP contribution in [0, 0.1) is 0 Å². The molecule has 0 atom stereocenters. The number of carboxylic acid groups (broad SMARTS) is 4. The summed E-state index contributed by atoms with van der Waals surface area (Å²) < 4.78 is 0. The molecule has 0 saturated heterocycles. The van der Waals surface area contributed by atoms with Gasteiger partial charge in [-0.2, -0.15) is 0 Å². The van der Waals surface area contributed by atoms with E-state index in [2.05, 4.69) is 0 Å². The molecule has 0 aromatic heterocycles. The number of aromatic carboxylic acids is 4. The van der Waals surface area contributed by atoms with Gasteiger partial charge in [0.15, 0.2) is 0 Å². The molecule has 0 heterocycles. The monoisotopic (exact) mass is 328 g/mol. The minimum atomic E-state index is -1.52. The molecule has 0 spiro atoms. The number of hydrogen-bond donors (Lipinski definition) is 0. The summed E-state index contributed by atoms with van der Waals surface area (Å²) in [5.74, 6) is -5.85. The molecule has 8 heteroatoms. The van der Waals surface area contributed by atoms with Gasteiger partial charge in [-0.05, 0) is 17.2 Å². The minimum absolute atomic E-state index is 0.170. The molecule has 0 aliphatic rings. The van der Waals surface area contributed by atoms with Crippen LogP contribution in [0.2, 0.25) is 0 Å². The predicted octanol–water partition coefficient (Wildman–Crippen LogP) is -3.17. The third-order valence-corrected chi connectivity index (χ3v) is 2.70. The Morgan fingerprint density at radius 3 is 1.21 bits per heavy atom. The Balaban J connectivity index is 0.000000240. The van der Waals surface area contributed by atoms with E-state index in [9.17, 15) is 39.6 Å². The predicted molar refractivity (Wildman–Crippen MR) is 70.2 cm³/mol. The fraction of sp³-hybridized carbons (Fsp3) is 0. The van der Waals surface area contributed by atoms with Gasteiger partial charge in [-0.1, -0.05) is 42.5 Å². The molecule has 0 unspecified atom stereocenters. The summed E-state index contributed by atoms with van der Waals surface area (Å²) in [6.07, 6.45) is 0. The average Bonchev–Trinajstić information content (AvgIpc) is 2.55. The van der Waals surface area contributed by atoms with Crippen molar-refractivity contribution in [3.8, 4) is 0 Å². The van der Waals surface area contributed by atoms with E-state index in [0.717, 1.165) is 18.2 Å². The second-order valence-electron chi connectivity index (χ2n) is 4.28. The first-order valence-corrected chi connectivity index (χ1v) is 6.28. The molecule has 2 rings (SSSR count). The number of hydrogen-bond acceptors (Lipinski definition) is 8. The minimum Gasteiger partial charge on any atom is -0.545 e.